The Hall–Kier alpha value is -4.33. The van der Waals surface area contributed by atoms with Crippen LogP contribution in [-0.2, 0) is 15.0 Å². The number of nitrogens with one attached hydrogen (secondary N) is 4. The van der Waals surface area contributed by atoms with E-state index in [0.717, 1.165) is 5.56 Å². The lowest BCUT2D eigenvalue weighted by atomic mass is 9.84. The molecule has 0 spiro atoms. The number of pyridine rings is 1. The summed E-state index contributed by atoms with van der Waals surface area (Å²) in [6.45, 7) is 5.87. The molecule has 1 aromatic heterocycles. The zero-order valence-electron chi connectivity index (χ0n) is 21.0. The van der Waals surface area contributed by atoms with Crippen molar-refractivity contribution in [2.75, 3.05) is 25.0 Å². The summed E-state index contributed by atoms with van der Waals surface area (Å²) in [5, 5.41) is 20.5. The summed E-state index contributed by atoms with van der Waals surface area (Å²) >= 11 is 0. The van der Waals surface area contributed by atoms with Crippen LogP contribution in [0.4, 0.5) is 10.1 Å². The van der Waals surface area contributed by atoms with E-state index in [-0.39, 0.29) is 37.0 Å². The van der Waals surface area contributed by atoms with E-state index in [9.17, 15) is 24.0 Å². The highest BCUT2D eigenvalue weighted by atomic mass is 19.1. The normalized spacial score (nSPS) is 15.9. The molecule has 2 aromatic rings. The Morgan fingerprint density at radius 2 is 2.05 bits per heavy atom. The highest BCUT2D eigenvalue weighted by molar-refractivity contribution is 5.99. The van der Waals surface area contributed by atoms with Gasteiger partial charge >= 0.3 is 0 Å². The number of rotatable bonds is 8. The van der Waals surface area contributed by atoms with Gasteiger partial charge in [0.1, 0.15) is 12.5 Å². The molecule has 1 unspecified atom stereocenters. The molecule has 0 bridgehead atoms. The minimum absolute atomic E-state index is 0.0108. The molecule has 10 nitrogen and oxygen atoms in total. The number of guanidine groups is 1. The van der Waals surface area contributed by atoms with Gasteiger partial charge in [-0.1, -0.05) is 26.8 Å². The Labute approximate surface area is 214 Å². The van der Waals surface area contributed by atoms with Crippen LogP contribution in [0.3, 0.4) is 0 Å². The number of aromatic nitrogens is 1. The number of hydrogen-bond acceptors (Lipinski definition) is 8. The van der Waals surface area contributed by atoms with E-state index in [4.69, 9.17) is 0 Å². The summed E-state index contributed by atoms with van der Waals surface area (Å²) in [6.07, 6.45) is 2.50. The number of halogens is 1. The van der Waals surface area contributed by atoms with Crippen LogP contribution in [0, 0.1) is 11.3 Å². The van der Waals surface area contributed by atoms with E-state index < -0.39 is 24.0 Å². The van der Waals surface area contributed by atoms with Crippen LogP contribution in [0.15, 0.2) is 41.7 Å². The summed E-state index contributed by atoms with van der Waals surface area (Å²) in [6, 6.07) is 8.30. The largest absolute Gasteiger partial charge is 0.353 e. The highest BCUT2D eigenvalue weighted by Crippen LogP contribution is 2.27. The molecule has 0 fully saturated rings. The third-order valence-electron chi connectivity index (χ3n) is 5.63. The minimum Gasteiger partial charge on any atom is -0.353 e. The number of amides is 2. The number of alkyl halides is 1. The van der Waals surface area contributed by atoms with Gasteiger partial charge in [-0.25, -0.2) is 9.38 Å². The molecular formula is C26H30FN7O3. The van der Waals surface area contributed by atoms with Crippen LogP contribution in [0.5, 0.6) is 0 Å². The average Bonchev–Trinajstić information content (AvgIpc) is 2.87. The number of aliphatic imine (C=N–C) groups is 1. The van der Waals surface area contributed by atoms with Gasteiger partial charge in [0, 0.05) is 12.6 Å². The fourth-order valence-electron chi connectivity index (χ4n) is 3.60. The minimum atomic E-state index is -1.05. The first-order valence-corrected chi connectivity index (χ1v) is 11.8. The van der Waals surface area contributed by atoms with Gasteiger partial charge in [-0.3, -0.25) is 14.6 Å². The van der Waals surface area contributed by atoms with Crippen molar-refractivity contribution in [1.82, 2.24) is 20.9 Å². The molecule has 1 aliphatic heterocycles. The van der Waals surface area contributed by atoms with Crippen LogP contribution in [0.2, 0.25) is 0 Å². The van der Waals surface area contributed by atoms with E-state index in [2.05, 4.69) is 37.3 Å². The molecule has 11 heteroatoms. The predicted molar refractivity (Wildman–Crippen MR) is 137 cm³/mol. The molecular weight excluding hydrogens is 477 g/mol. The smallest absolute Gasteiger partial charge is 0.253 e. The summed E-state index contributed by atoms with van der Waals surface area (Å²) in [4.78, 5) is 44.6. The van der Waals surface area contributed by atoms with Gasteiger partial charge in [0.15, 0.2) is 5.96 Å². The Balaban J connectivity index is 1.64. The molecule has 194 valence electrons. The van der Waals surface area contributed by atoms with Crippen molar-refractivity contribution in [3.63, 3.8) is 0 Å². The first-order chi connectivity index (χ1) is 17.6. The van der Waals surface area contributed by atoms with E-state index in [0.29, 0.717) is 29.1 Å². The summed E-state index contributed by atoms with van der Waals surface area (Å²) < 4.78 is 13.2. The van der Waals surface area contributed by atoms with Gasteiger partial charge in [0.05, 0.1) is 54.8 Å². The molecule has 2 atom stereocenters. The van der Waals surface area contributed by atoms with Crippen LogP contribution in [0.25, 0.3) is 0 Å². The molecule has 1 aromatic carbocycles. The number of nitriles is 1. The van der Waals surface area contributed by atoms with Gasteiger partial charge in [-0.05, 0) is 34.7 Å². The highest BCUT2D eigenvalue weighted by Gasteiger charge is 2.21. The monoisotopic (exact) mass is 507 g/mol. The van der Waals surface area contributed by atoms with Gasteiger partial charge in [-0.15, -0.1) is 0 Å². The summed E-state index contributed by atoms with van der Waals surface area (Å²) in [5.41, 5.74) is 2.41. The molecule has 0 saturated carbocycles. The number of nitrogens with zero attached hydrogens (tertiary/aromatic N) is 3. The van der Waals surface area contributed by atoms with E-state index in [1.54, 1.807) is 12.1 Å². The maximum absolute atomic E-state index is 13.2. The van der Waals surface area contributed by atoms with Gasteiger partial charge < -0.3 is 26.1 Å². The second kappa shape index (κ2) is 12.1. The van der Waals surface area contributed by atoms with Crippen molar-refractivity contribution < 1.29 is 18.8 Å². The molecule has 1 aliphatic rings. The number of aldehydes is 1. The van der Waals surface area contributed by atoms with Crippen molar-refractivity contribution in [2.45, 2.75) is 44.8 Å². The molecule has 2 heterocycles. The van der Waals surface area contributed by atoms with Crippen molar-refractivity contribution >= 4 is 29.7 Å². The van der Waals surface area contributed by atoms with Crippen LogP contribution in [0.1, 0.15) is 60.3 Å². The zero-order valence-corrected chi connectivity index (χ0v) is 21.0. The topological polar surface area (TPSA) is 148 Å². The molecule has 3 rings (SSSR count). The van der Waals surface area contributed by atoms with E-state index in [1.165, 1.54) is 18.5 Å². The lowest BCUT2D eigenvalue weighted by Crippen LogP contribution is -2.41. The number of anilines is 1. The lowest BCUT2D eigenvalue weighted by molar-refractivity contribution is -0.121. The second-order valence-corrected chi connectivity index (χ2v) is 9.67. The predicted octanol–water partition coefficient (Wildman–Crippen LogP) is 2.14. The fourth-order valence-corrected chi connectivity index (χ4v) is 3.60. The van der Waals surface area contributed by atoms with Crippen molar-refractivity contribution in [1.29, 1.82) is 5.26 Å². The first kappa shape index (κ1) is 27.3. The number of carbonyl (C=O) groups excluding carboxylic acids is 3. The standard InChI is InChI=1S/C26H30FN7O3/c1-26(2,3)19-7-16(10-28)6-17(8-19)22(4-5-35)34-23(36)15-30-24(37)18-9-21(14-29-11-18)33-25-31-12-20(27)13-32-25/h5-9,11,14,20,22H,4,12-13,15H2,1-3H3,(H,30,37)(H,34,36)(H2,31,32,33)/t22-/m0/s1. The Kier molecular flexibility index (Phi) is 8.90. The van der Waals surface area contributed by atoms with Gasteiger partial charge in [-0.2, -0.15) is 5.26 Å². The Bertz CT molecular complexity index is 1230. The number of benzene rings is 1. The third kappa shape index (κ3) is 7.83. The van der Waals surface area contributed by atoms with Crippen molar-refractivity contribution in [3.05, 3.63) is 58.9 Å². The lowest BCUT2D eigenvalue weighted by Gasteiger charge is -2.23. The zero-order chi connectivity index (χ0) is 27.0. The van der Waals surface area contributed by atoms with E-state index >= 15 is 0 Å². The van der Waals surface area contributed by atoms with Crippen LogP contribution >= 0.6 is 0 Å². The molecule has 37 heavy (non-hydrogen) atoms. The maximum Gasteiger partial charge on any atom is 0.253 e. The number of hydrogen-bond donors (Lipinski definition) is 4. The summed E-state index contributed by atoms with van der Waals surface area (Å²) in [5.74, 6) is -0.644. The Morgan fingerprint density at radius 1 is 1.27 bits per heavy atom. The number of carbonyl (C=O) groups is 3. The maximum atomic E-state index is 13.2. The SMILES string of the molecule is CC(C)(C)c1cc(C#N)cc([C@H](CC=O)NC(=O)CNC(=O)c2cncc(NC3=NCC(F)CN3)c2)c1. The second-order valence-electron chi connectivity index (χ2n) is 9.67. The molecule has 0 radical (unpaired) electrons. The fraction of sp³-hybridized carbons (Fsp3) is 0.385. The van der Waals surface area contributed by atoms with Crippen LogP contribution < -0.4 is 21.3 Å². The third-order valence-corrected chi connectivity index (χ3v) is 5.63. The first-order valence-electron chi connectivity index (χ1n) is 11.8. The molecule has 4 N–H and O–H groups in total. The molecule has 0 aliphatic carbocycles. The quantitative estimate of drug-likeness (QED) is 0.400. The molecule has 2 amide bonds. The van der Waals surface area contributed by atoms with Crippen LogP contribution in [-0.4, -0.2) is 54.8 Å². The van der Waals surface area contributed by atoms with Gasteiger partial charge in [0.25, 0.3) is 5.91 Å². The van der Waals surface area contributed by atoms with Crippen molar-refractivity contribution in [3.8, 4) is 6.07 Å². The van der Waals surface area contributed by atoms with Crippen molar-refractivity contribution in [2.24, 2.45) is 4.99 Å². The molecule has 0 saturated heterocycles. The Morgan fingerprint density at radius 3 is 2.70 bits per heavy atom. The summed E-state index contributed by atoms with van der Waals surface area (Å²) in [7, 11) is 0. The van der Waals surface area contributed by atoms with Gasteiger partial charge in [0.2, 0.25) is 5.91 Å². The average molecular weight is 508 g/mol. The van der Waals surface area contributed by atoms with E-state index in [1.807, 2.05) is 26.8 Å².